The highest BCUT2D eigenvalue weighted by Crippen LogP contribution is 2.32. The zero-order valence-corrected chi connectivity index (χ0v) is 20.9. The SMILES string of the molecule is Cc1ccc(-c2cccc(C(C)(C)C#N)c2)cc1-n1cc(-c2cnccc2OC[C@@H]2CCOC2)cn1. The van der Waals surface area contributed by atoms with Crippen molar-refractivity contribution in [3.8, 4) is 39.8 Å². The molecule has 2 aromatic heterocycles. The van der Waals surface area contributed by atoms with Crippen LogP contribution in [0.5, 0.6) is 5.75 Å². The van der Waals surface area contributed by atoms with Crippen LogP contribution < -0.4 is 4.74 Å². The number of nitriles is 1. The molecule has 0 saturated carbocycles. The molecule has 1 aliphatic rings. The van der Waals surface area contributed by atoms with Gasteiger partial charge in [0.05, 0.1) is 36.6 Å². The summed E-state index contributed by atoms with van der Waals surface area (Å²) < 4.78 is 13.5. The second-order valence-corrected chi connectivity index (χ2v) is 9.90. The monoisotopic (exact) mass is 478 g/mol. The average molecular weight is 479 g/mol. The van der Waals surface area contributed by atoms with Crippen molar-refractivity contribution in [3.05, 3.63) is 84.4 Å². The van der Waals surface area contributed by atoms with Crippen molar-refractivity contribution in [1.29, 1.82) is 5.26 Å². The maximum absolute atomic E-state index is 9.56. The van der Waals surface area contributed by atoms with E-state index in [2.05, 4.69) is 53.4 Å². The van der Waals surface area contributed by atoms with Gasteiger partial charge in [0, 0.05) is 42.2 Å². The number of ether oxygens (including phenoxy) is 2. The van der Waals surface area contributed by atoms with Crippen LogP contribution in [0.15, 0.2) is 73.3 Å². The summed E-state index contributed by atoms with van der Waals surface area (Å²) >= 11 is 0. The van der Waals surface area contributed by atoms with Crippen LogP contribution in [0.4, 0.5) is 0 Å². The first-order chi connectivity index (χ1) is 17.4. The second-order valence-electron chi connectivity index (χ2n) is 9.90. The van der Waals surface area contributed by atoms with Gasteiger partial charge in [-0.15, -0.1) is 0 Å². The smallest absolute Gasteiger partial charge is 0.130 e. The maximum Gasteiger partial charge on any atom is 0.130 e. The summed E-state index contributed by atoms with van der Waals surface area (Å²) in [6.07, 6.45) is 8.48. The summed E-state index contributed by atoms with van der Waals surface area (Å²) in [5.74, 6) is 1.23. The Morgan fingerprint density at radius 2 is 1.97 bits per heavy atom. The minimum Gasteiger partial charge on any atom is -0.492 e. The normalized spacial score (nSPS) is 15.6. The third kappa shape index (κ3) is 4.89. The number of pyridine rings is 1. The lowest BCUT2D eigenvalue weighted by Crippen LogP contribution is -2.13. The van der Waals surface area contributed by atoms with Gasteiger partial charge in [-0.05, 0) is 67.6 Å². The molecule has 1 fully saturated rings. The van der Waals surface area contributed by atoms with E-state index < -0.39 is 5.41 Å². The molecule has 3 heterocycles. The summed E-state index contributed by atoms with van der Waals surface area (Å²) in [4.78, 5) is 4.33. The lowest BCUT2D eigenvalue weighted by Gasteiger charge is -2.17. The molecule has 1 saturated heterocycles. The zero-order chi connectivity index (χ0) is 25.1. The zero-order valence-electron chi connectivity index (χ0n) is 20.9. The standard InChI is InChI=1S/C30H30N4O2/c1-21-7-8-24(23-5-4-6-26(13-23)30(2,3)20-31)14-28(21)34-17-25(15-33-34)27-16-32-11-9-29(27)36-19-22-10-12-35-18-22/h4-9,11,13-17,22H,10,12,18-19H2,1-3H3/t22-/m1/s1. The number of benzene rings is 2. The van der Waals surface area contributed by atoms with E-state index in [1.807, 2.05) is 55.3 Å². The van der Waals surface area contributed by atoms with Crippen molar-refractivity contribution >= 4 is 0 Å². The van der Waals surface area contributed by atoms with E-state index in [9.17, 15) is 5.26 Å². The lowest BCUT2D eigenvalue weighted by molar-refractivity contribution is 0.167. The molecule has 0 amide bonds. The fourth-order valence-corrected chi connectivity index (χ4v) is 4.43. The quantitative estimate of drug-likeness (QED) is 0.320. The third-order valence-corrected chi connectivity index (χ3v) is 6.83. The van der Waals surface area contributed by atoms with Crippen molar-refractivity contribution < 1.29 is 9.47 Å². The van der Waals surface area contributed by atoms with Gasteiger partial charge in [0.15, 0.2) is 0 Å². The van der Waals surface area contributed by atoms with Crippen molar-refractivity contribution in [2.45, 2.75) is 32.6 Å². The topological polar surface area (TPSA) is 73.0 Å². The lowest BCUT2D eigenvalue weighted by atomic mass is 9.85. The highest BCUT2D eigenvalue weighted by atomic mass is 16.5. The van der Waals surface area contributed by atoms with Crippen LogP contribution in [-0.4, -0.2) is 34.6 Å². The van der Waals surface area contributed by atoms with Crippen LogP contribution in [-0.2, 0) is 10.2 Å². The van der Waals surface area contributed by atoms with E-state index in [0.29, 0.717) is 12.5 Å². The highest BCUT2D eigenvalue weighted by molar-refractivity contribution is 5.70. The molecule has 2 aromatic carbocycles. The van der Waals surface area contributed by atoms with Crippen molar-refractivity contribution in [3.63, 3.8) is 0 Å². The number of hydrogen-bond acceptors (Lipinski definition) is 5. The Morgan fingerprint density at radius 3 is 2.78 bits per heavy atom. The third-order valence-electron chi connectivity index (χ3n) is 6.83. The predicted octanol–water partition coefficient (Wildman–Crippen LogP) is 6.13. The number of hydrogen-bond donors (Lipinski definition) is 0. The van der Waals surface area contributed by atoms with Crippen molar-refractivity contribution in [2.75, 3.05) is 19.8 Å². The first kappa shape index (κ1) is 23.8. The minimum absolute atomic E-state index is 0.427. The number of nitrogens with zero attached hydrogens (tertiary/aromatic N) is 4. The number of rotatable bonds is 7. The Labute approximate surface area is 212 Å². The molecular formula is C30H30N4O2. The van der Waals surface area contributed by atoms with E-state index in [1.165, 1.54) is 0 Å². The van der Waals surface area contributed by atoms with Crippen LogP contribution in [0.3, 0.4) is 0 Å². The molecule has 0 radical (unpaired) electrons. The maximum atomic E-state index is 9.56. The average Bonchev–Trinajstić information content (AvgIpc) is 3.61. The summed E-state index contributed by atoms with van der Waals surface area (Å²) in [7, 11) is 0. The van der Waals surface area contributed by atoms with Gasteiger partial charge in [0.25, 0.3) is 0 Å². The minimum atomic E-state index is -0.547. The Hall–Kier alpha value is -3.95. The summed E-state index contributed by atoms with van der Waals surface area (Å²) in [6.45, 7) is 8.16. The number of aromatic nitrogens is 3. The summed E-state index contributed by atoms with van der Waals surface area (Å²) in [5.41, 5.74) is 6.58. The molecule has 1 atom stereocenters. The van der Waals surface area contributed by atoms with E-state index in [0.717, 1.165) is 64.5 Å². The molecule has 6 nitrogen and oxygen atoms in total. The fraction of sp³-hybridized carbons (Fsp3) is 0.300. The molecule has 0 unspecified atom stereocenters. The van der Waals surface area contributed by atoms with E-state index in [1.54, 1.807) is 6.20 Å². The predicted molar refractivity (Wildman–Crippen MR) is 140 cm³/mol. The van der Waals surface area contributed by atoms with Crippen molar-refractivity contribution in [1.82, 2.24) is 14.8 Å². The molecule has 4 aromatic rings. The number of aryl methyl sites for hydroxylation is 1. The Kier molecular flexibility index (Phi) is 6.58. The molecular weight excluding hydrogens is 448 g/mol. The molecule has 36 heavy (non-hydrogen) atoms. The van der Waals surface area contributed by atoms with Crippen molar-refractivity contribution in [2.24, 2.45) is 5.92 Å². The molecule has 0 bridgehead atoms. The largest absolute Gasteiger partial charge is 0.492 e. The van der Waals surface area contributed by atoms with Gasteiger partial charge < -0.3 is 9.47 Å². The Morgan fingerprint density at radius 1 is 1.11 bits per heavy atom. The molecule has 0 aliphatic carbocycles. The molecule has 5 rings (SSSR count). The van der Waals surface area contributed by atoms with Gasteiger partial charge in [-0.2, -0.15) is 10.4 Å². The van der Waals surface area contributed by atoms with Gasteiger partial charge in [-0.25, -0.2) is 4.68 Å². The van der Waals surface area contributed by atoms with E-state index >= 15 is 0 Å². The summed E-state index contributed by atoms with van der Waals surface area (Å²) in [6, 6.07) is 18.9. The second kappa shape index (κ2) is 9.96. The summed E-state index contributed by atoms with van der Waals surface area (Å²) in [5, 5.41) is 14.2. The van der Waals surface area contributed by atoms with Gasteiger partial charge in [0.2, 0.25) is 0 Å². The van der Waals surface area contributed by atoms with Gasteiger partial charge in [-0.3, -0.25) is 4.98 Å². The molecule has 6 heteroatoms. The van der Waals surface area contributed by atoms with Crippen LogP contribution in [0.25, 0.3) is 27.9 Å². The Balaban J connectivity index is 1.44. The van der Waals surface area contributed by atoms with E-state index in [-0.39, 0.29) is 0 Å². The van der Waals surface area contributed by atoms with E-state index in [4.69, 9.17) is 9.47 Å². The molecule has 0 N–H and O–H groups in total. The highest BCUT2D eigenvalue weighted by Gasteiger charge is 2.20. The van der Waals surface area contributed by atoms with Gasteiger partial charge in [-0.1, -0.05) is 30.3 Å². The van der Waals surface area contributed by atoms with Gasteiger partial charge >= 0.3 is 0 Å². The Bertz CT molecular complexity index is 1410. The molecule has 1 aliphatic heterocycles. The van der Waals surface area contributed by atoms with Crippen LogP contribution in [0, 0.1) is 24.2 Å². The fourth-order valence-electron chi connectivity index (χ4n) is 4.43. The van der Waals surface area contributed by atoms with Gasteiger partial charge in [0.1, 0.15) is 5.75 Å². The molecule has 0 spiro atoms. The molecule has 182 valence electrons. The first-order valence-corrected chi connectivity index (χ1v) is 12.3. The van der Waals surface area contributed by atoms with Crippen LogP contribution >= 0.6 is 0 Å². The first-order valence-electron chi connectivity index (χ1n) is 12.3. The van der Waals surface area contributed by atoms with Crippen LogP contribution in [0.1, 0.15) is 31.4 Å². The van der Waals surface area contributed by atoms with Crippen LogP contribution in [0.2, 0.25) is 0 Å².